The molecule has 1 amide bonds. The molecule has 11 heavy (non-hydrogen) atoms. The van der Waals surface area contributed by atoms with E-state index < -0.39 is 0 Å². The molecule has 1 rings (SSSR count). The highest BCUT2D eigenvalue weighted by Gasteiger charge is 2.21. The number of carbonyl (C=O) groups is 1. The van der Waals surface area contributed by atoms with Crippen molar-refractivity contribution in [1.82, 2.24) is 10.6 Å². The fourth-order valence-electron chi connectivity index (χ4n) is 0.816. The molecule has 0 radical (unpaired) electrons. The van der Waals surface area contributed by atoms with E-state index >= 15 is 0 Å². The Morgan fingerprint density at radius 2 is 2.36 bits per heavy atom. The van der Waals surface area contributed by atoms with Gasteiger partial charge in [0.2, 0.25) is 5.91 Å². The highest BCUT2D eigenvalue weighted by Crippen LogP contribution is 1.93. The Morgan fingerprint density at radius 1 is 1.73 bits per heavy atom. The standard InChI is InChI=1S/C7H14N2O2/c1-5(11-2)7(10)9-6-3-8-4-6/h5-6,8H,3-4H2,1-2H3,(H,9,10). The van der Waals surface area contributed by atoms with E-state index in [2.05, 4.69) is 10.6 Å². The number of hydrogen-bond donors (Lipinski definition) is 2. The molecular formula is C7H14N2O2. The molecule has 0 bridgehead atoms. The van der Waals surface area contributed by atoms with Crippen molar-refractivity contribution >= 4 is 5.91 Å². The van der Waals surface area contributed by atoms with Gasteiger partial charge in [0.15, 0.2) is 0 Å². The fourth-order valence-corrected chi connectivity index (χ4v) is 0.816. The number of methoxy groups -OCH3 is 1. The van der Waals surface area contributed by atoms with E-state index in [1.807, 2.05) is 0 Å². The van der Waals surface area contributed by atoms with Crippen molar-refractivity contribution in [3.05, 3.63) is 0 Å². The van der Waals surface area contributed by atoms with Crippen LogP contribution in [0.1, 0.15) is 6.92 Å². The number of carbonyl (C=O) groups excluding carboxylic acids is 1. The molecule has 1 atom stereocenters. The molecule has 0 aromatic heterocycles. The van der Waals surface area contributed by atoms with Gasteiger partial charge in [-0.3, -0.25) is 4.79 Å². The van der Waals surface area contributed by atoms with Gasteiger partial charge in [0.25, 0.3) is 0 Å². The number of nitrogens with one attached hydrogen (secondary N) is 2. The molecule has 0 saturated carbocycles. The summed E-state index contributed by atoms with van der Waals surface area (Å²) in [5.74, 6) is -0.0287. The monoisotopic (exact) mass is 158 g/mol. The average Bonchev–Trinajstić information content (AvgIpc) is 1.94. The third-order valence-corrected chi connectivity index (χ3v) is 1.85. The van der Waals surface area contributed by atoms with Crippen LogP contribution in [0.4, 0.5) is 0 Å². The van der Waals surface area contributed by atoms with Gasteiger partial charge in [0.1, 0.15) is 6.10 Å². The van der Waals surface area contributed by atoms with Crippen molar-refractivity contribution in [3.63, 3.8) is 0 Å². The predicted molar refractivity (Wildman–Crippen MR) is 41.3 cm³/mol. The lowest BCUT2D eigenvalue weighted by molar-refractivity contribution is -0.131. The molecule has 2 N–H and O–H groups in total. The van der Waals surface area contributed by atoms with Gasteiger partial charge in [-0.2, -0.15) is 0 Å². The molecule has 0 aromatic rings. The van der Waals surface area contributed by atoms with E-state index in [9.17, 15) is 4.79 Å². The largest absolute Gasteiger partial charge is 0.372 e. The molecular weight excluding hydrogens is 144 g/mol. The van der Waals surface area contributed by atoms with Crippen LogP contribution in [0.5, 0.6) is 0 Å². The number of amides is 1. The average molecular weight is 158 g/mol. The molecule has 1 unspecified atom stereocenters. The highest BCUT2D eigenvalue weighted by molar-refractivity contribution is 5.80. The maximum absolute atomic E-state index is 11.1. The van der Waals surface area contributed by atoms with Crippen LogP contribution in [-0.4, -0.2) is 38.3 Å². The SMILES string of the molecule is COC(C)C(=O)NC1CNC1. The Hall–Kier alpha value is -0.610. The Labute approximate surface area is 66.3 Å². The van der Waals surface area contributed by atoms with E-state index in [-0.39, 0.29) is 12.0 Å². The van der Waals surface area contributed by atoms with Crippen LogP contribution in [0.2, 0.25) is 0 Å². The molecule has 1 aliphatic rings. The zero-order valence-electron chi connectivity index (χ0n) is 6.89. The van der Waals surface area contributed by atoms with Crippen LogP contribution in [-0.2, 0) is 9.53 Å². The zero-order chi connectivity index (χ0) is 8.27. The Balaban J connectivity index is 2.19. The Morgan fingerprint density at radius 3 is 2.73 bits per heavy atom. The first-order valence-electron chi connectivity index (χ1n) is 3.78. The molecule has 4 heteroatoms. The molecule has 0 spiro atoms. The summed E-state index contributed by atoms with van der Waals surface area (Å²) in [6.07, 6.45) is -0.337. The molecule has 1 heterocycles. The Kier molecular flexibility index (Phi) is 2.84. The molecule has 64 valence electrons. The molecule has 1 saturated heterocycles. The van der Waals surface area contributed by atoms with Crippen molar-refractivity contribution in [2.24, 2.45) is 0 Å². The highest BCUT2D eigenvalue weighted by atomic mass is 16.5. The second-order valence-electron chi connectivity index (χ2n) is 2.74. The minimum absolute atomic E-state index is 0.0287. The number of rotatable bonds is 3. The lowest BCUT2D eigenvalue weighted by atomic mass is 10.2. The Bertz CT molecular complexity index is 145. The van der Waals surface area contributed by atoms with Gasteiger partial charge in [-0.15, -0.1) is 0 Å². The predicted octanol–water partition coefficient (Wildman–Crippen LogP) is -0.891. The normalized spacial score (nSPS) is 20.5. The van der Waals surface area contributed by atoms with Crippen LogP contribution >= 0.6 is 0 Å². The molecule has 4 nitrogen and oxygen atoms in total. The van der Waals surface area contributed by atoms with Gasteiger partial charge in [0.05, 0.1) is 6.04 Å². The molecule has 1 aliphatic heterocycles. The number of hydrogen-bond acceptors (Lipinski definition) is 3. The van der Waals surface area contributed by atoms with E-state index in [0.29, 0.717) is 6.04 Å². The van der Waals surface area contributed by atoms with Gasteiger partial charge < -0.3 is 15.4 Å². The van der Waals surface area contributed by atoms with Crippen LogP contribution < -0.4 is 10.6 Å². The van der Waals surface area contributed by atoms with Gasteiger partial charge in [-0.25, -0.2) is 0 Å². The third-order valence-electron chi connectivity index (χ3n) is 1.85. The lowest BCUT2D eigenvalue weighted by Gasteiger charge is -2.28. The van der Waals surface area contributed by atoms with Crippen LogP contribution in [0.3, 0.4) is 0 Å². The van der Waals surface area contributed by atoms with E-state index in [1.165, 1.54) is 7.11 Å². The maximum atomic E-state index is 11.1. The minimum Gasteiger partial charge on any atom is -0.372 e. The summed E-state index contributed by atoms with van der Waals surface area (Å²) in [7, 11) is 1.53. The van der Waals surface area contributed by atoms with Crippen molar-refractivity contribution in [2.45, 2.75) is 19.1 Å². The summed E-state index contributed by atoms with van der Waals surface area (Å²) in [6.45, 7) is 3.49. The molecule has 1 fully saturated rings. The van der Waals surface area contributed by atoms with Crippen molar-refractivity contribution < 1.29 is 9.53 Å². The van der Waals surface area contributed by atoms with Crippen LogP contribution in [0.25, 0.3) is 0 Å². The van der Waals surface area contributed by atoms with E-state index in [0.717, 1.165) is 13.1 Å². The maximum Gasteiger partial charge on any atom is 0.249 e. The summed E-state index contributed by atoms with van der Waals surface area (Å²) in [6, 6.07) is 0.306. The first-order chi connectivity index (χ1) is 5.24. The smallest absolute Gasteiger partial charge is 0.249 e. The molecule has 0 aromatic carbocycles. The van der Waals surface area contributed by atoms with Gasteiger partial charge >= 0.3 is 0 Å². The third kappa shape index (κ3) is 2.17. The van der Waals surface area contributed by atoms with Crippen LogP contribution in [0, 0.1) is 0 Å². The second kappa shape index (κ2) is 3.69. The summed E-state index contributed by atoms with van der Waals surface area (Å²) in [4.78, 5) is 11.1. The summed E-state index contributed by atoms with van der Waals surface area (Å²) in [5.41, 5.74) is 0. The van der Waals surface area contributed by atoms with Gasteiger partial charge in [-0.05, 0) is 6.92 Å². The first-order valence-corrected chi connectivity index (χ1v) is 3.78. The summed E-state index contributed by atoms with van der Waals surface area (Å²) >= 11 is 0. The van der Waals surface area contributed by atoms with Crippen molar-refractivity contribution in [3.8, 4) is 0 Å². The van der Waals surface area contributed by atoms with Crippen molar-refractivity contribution in [2.75, 3.05) is 20.2 Å². The fraction of sp³-hybridized carbons (Fsp3) is 0.857. The van der Waals surface area contributed by atoms with Gasteiger partial charge in [-0.1, -0.05) is 0 Å². The topological polar surface area (TPSA) is 50.4 Å². The molecule has 0 aliphatic carbocycles. The van der Waals surface area contributed by atoms with Crippen molar-refractivity contribution in [1.29, 1.82) is 0 Å². The second-order valence-corrected chi connectivity index (χ2v) is 2.74. The van der Waals surface area contributed by atoms with E-state index in [1.54, 1.807) is 6.92 Å². The number of ether oxygens (including phenoxy) is 1. The van der Waals surface area contributed by atoms with Gasteiger partial charge in [0, 0.05) is 20.2 Å². The zero-order valence-corrected chi connectivity index (χ0v) is 6.89. The summed E-state index contributed by atoms with van der Waals surface area (Å²) < 4.78 is 4.85. The van der Waals surface area contributed by atoms with Crippen LogP contribution in [0.15, 0.2) is 0 Å². The van der Waals surface area contributed by atoms with E-state index in [4.69, 9.17) is 4.74 Å². The summed E-state index contributed by atoms with van der Waals surface area (Å²) in [5, 5.41) is 5.91. The minimum atomic E-state index is -0.337. The lowest BCUT2D eigenvalue weighted by Crippen LogP contribution is -2.58. The quantitative estimate of drug-likeness (QED) is 0.560. The first kappa shape index (κ1) is 8.49.